The molecule has 1 rings (SSSR count). The summed E-state index contributed by atoms with van der Waals surface area (Å²) in [5.74, 6) is -0.0130. The highest BCUT2D eigenvalue weighted by molar-refractivity contribution is 7.88. The summed E-state index contributed by atoms with van der Waals surface area (Å²) >= 11 is 0. The van der Waals surface area contributed by atoms with Crippen LogP contribution in [0.25, 0.3) is 0 Å². The molecule has 1 unspecified atom stereocenters. The Kier molecular flexibility index (Phi) is 6.74. The number of amides is 1. The van der Waals surface area contributed by atoms with Gasteiger partial charge in [0.25, 0.3) is 0 Å². The molecule has 1 aliphatic rings. The lowest BCUT2D eigenvalue weighted by Crippen LogP contribution is -2.44. The van der Waals surface area contributed by atoms with E-state index in [9.17, 15) is 13.2 Å². The average Bonchev–Trinajstić information content (AvgIpc) is 2.35. The van der Waals surface area contributed by atoms with Crippen LogP contribution in [0.5, 0.6) is 0 Å². The summed E-state index contributed by atoms with van der Waals surface area (Å²) in [5, 5.41) is 0. The molecule has 1 aliphatic heterocycles. The number of nitrogens with one attached hydrogen (secondary N) is 1. The lowest BCUT2D eigenvalue weighted by Gasteiger charge is -2.32. The van der Waals surface area contributed by atoms with E-state index in [0.717, 1.165) is 38.7 Å². The van der Waals surface area contributed by atoms with E-state index in [4.69, 9.17) is 4.74 Å². The number of hydrogen-bond donors (Lipinski definition) is 1. The molecule has 1 saturated heterocycles. The Morgan fingerprint density at radius 2 is 2.21 bits per heavy atom. The number of rotatable bonds is 7. The van der Waals surface area contributed by atoms with E-state index < -0.39 is 10.0 Å². The fourth-order valence-electron chi connectivity index (χ4n) is 2.09. The second-order valence-corrected chi connectivity index (χ2v) is 6.72. The molecule has 0 aromatic rings. The van der Waals surface area contributed by atoms with E-state index in [-0.39, 0.29) is 25.0 Å². The van der Waals surface area contributed by atoms with Crippen molar-refractivity contribution in [2.75, 3.05) is 32.5 Å². The molecule has 0 aliphatic carbocycles. The van der Waals surface area contributed by atoms with Gasteiger partial charge in [0.1, 0.15) is 0 Å². The van der Waals surface area contributed by atoms with Gasteiger partial charge in [-0.2, -0.15) is 0 Å². The third-order valence-electron chi connectivity index (χ3n) is 2.99. The number of piperidine rings is 1. The number of carbonyl (C=O) groups is 1. The predicted molar refractivity (Wildman–Crippen MR) is 73.3 cm³/mol. The van der Waals surface area contributed by atoms with Crippen LogP contribution in [0.15, 0.2) is 0 Å². The van der Waals surface area contributed by atoms with Gasteiger partial charge in [0, 0.05) is 32.7 Å². The van der Waals surface area contributed by atoms with Gasteiger partial charge in [-0.3, -0.25) is 4.79 Å². The SMILES string of the molecule is CCCOC1CCCN(C(=O)CCNS(C)(=O)=O)C1. The van der Waals surface area contributed by atoms with Crippen molar-refractivity contribution in [1.82, 2.24) is 9.62 Å². The van der Waals surface area contributed by atoms with Crippen molar-refractivity contribution in [3.63, 3.8) is 0 Å². The smallest absolute Gasteiger partial charge is 0.223 e. The highest BCUT2D eigenvalue weighted by Gasteiger charge is 2.23. The lowest BCUT2D eigenvalue weighted by atomic mass is 10.1. The topological polar surface area (TPSA) is 75.7 Å². The van der Waals surface area contributed by atoms with Gasteiger partial charge in [0.15, 0.2) is 0 Å². The molecule has 112 valence electrons. The van der Waals surface area contributed by atoms with Gasteiger partial charge in [-0.15, -0.1) is 0 Å². The fourth-order valence-corrected chi connectivity index (χ4v) is 2.56. The van der Waals surface area contributed by atoms with Crippen LogP contribution >= 0.6 is 0 Å². The molecule has 0 aromatic heterocycles. The molecule has 0 spiro atoms. The van der Waals surface area contributed by atoms with Gasteiger partial charge in [-0.1, -0.05) is 6.92 Å². The molecule has 0 aromatic carbocycles. The number of nitrogens with zero attached hydrogens (tertiary/aromatic N) is 1. The van der Waals surface area contributed by atoms with Crippen LogP contribution in [0, 0.1) is 0 Å². The Morgan fingerprint density at radius 3 is 2.84 bits per heavy atom. The van der Waals surface area contributed by atoms with Crippen LogP contribution in [-0.4, -0.2) is 57.8 Å². The Morgan fingerprint density at radius 1 is 1.47 bits per heavy atom. The molecule has 19 heavy (non-hydrogen) atoms. The van der Waals surface area contributed by atoms with Gasteiger partial charge in [-0.25, -0.2) is 13.1 Å². The minimum Gasteiger partial charge on any atom is -0.376 e. The number of hydrogen-bond acceptors (Lipinski definition) is 4. The van der Waals surface area contributed by atoms with Crippen LogP contribution in [0.3, 0.4) is 0 Å². The minimum atomic E-state index is -3.22. The van der Waals surface area contributed by atoms with Crippen molar-refractivity contribution >= 4 is 15.9 Å². The summed E-state index contributed by atoms with van der Waals surface area (Å²) in [6.45, 7) is 4.31. The standard InChI is InChI=1S/C12H24N2O4S/c1-3-9-18-11-5-4-8-14(10-11)12(15)6-7-13-19(2,16)17/h11,13H,3-10H2,1-2H3. The summed E-state index contributed by atoms with van der Waals surface area (Å²) < 4.78 is 29.8. The normalized spacial score (nSPS) is 20.5. The van der Waals surface area contributed by atoms with E-state index in [1.807, 2.05) is 0 Å². The first kappa shape index (κ1) is 16.4. The molecular weight excluding hydrogens is 268 g/mol. The molecule has 0 radical (unpaired) electrons. The van der Waals surface area contributed by atoms with Crippen LogP contribution in [-0.2, 0) is 19.6 Å². The van der Waals surface area contributed by atoms with E-state index in [1.165, 1.54) is 0 Å². The fraction of sp³-hybridized carbons (Fsp3) is 0.917. The maximum Gasteiger partial charge on any atom is 0.223 e. The first-order valence-electron chi connectivity index (χ1n) is 6.76. The molecule has 1 heterocycles. The van der Waals surface area contributed by atoms with Gasteiger partial charge in [0.2, 0.25) is 15.9 Å². The van der Waals surface area contributed by atoms with E-state index >= 15 is 0 Å². The van der Waals surface area contributed by atoms with Crippen LogP contribution in [0.1, 0.15) is 32.6 Å². The average molecular weight is 292 g/mol. The largest absolute Gasteiger partial charge is 0.376 e. The Bertz CT molecular complexity index is 383. The second kappa shape index (κ2) is 7.81. The van der Waals surface area contributed by atoms with Crippen molar-refractivity contribution in [2.24, 2.45) is 0 Å². The zero-order valence-corrected chi connectivity index (χ0v) is 12.5. The van der Waals surface area contributed by atoms with Crippen molar-refractivity contribution in [1.29, 1.82) is 0 Å². The first-order valence-corrected chi connectivity index (χ1v) is 8.65. The molecule has 1 fully saturated rings. The monoisotopic (exact) mass is 292 g/mol. The summed E-state index contributed by atoms with van der Waals surface area (Å²) in [4.78, 5) is 13.7. The third-order valence-corrected chi connectivity index (χ3v) is 3.72. The van der Waals surface area contributed by atoms with Crippen LogP contribution in [0.2, 0.25) is 0 Å². The molecule has 7 heteroatoms. The summed E-state index contributed by atoms with van der Waals surface area (Å²) in [6.07, 6.45) is 4.33. The summed E-state index contributed by atoms with van der Waals surface area (Å²) in [5.41, 5.74) is 0. The van der Waals surface area contributed by atoms with E-state index in [2.05, 4.69) is 11.6 Å². The number of ether oxygens (including phenoxy) is 1. The van der Waals surface area contributed by atoms with Crippen molar-refractivity contribution in [3.8, 4) is 0 Å². The molecule has 1 amide bonds. The molecule has 6 nitrogen and oxygen atoms in total. The lowest BCUT2D eigenvalue weighted by molar-refractivity contribution is -0.135. The van der Waals surface area contributed by atoms with Gasteiger partial charge in [-0.05, 0) is 19.3 Å². The number of sulfonamides is 1. The van der Waals surface area contributed by atoms with Crippen molar-refractivity contribution in [3.05, 3.63) is 0 Å². The van der Waals surface area contributed by atoms with Crippen molar-refractivity contribution in [2.45, 2.75) is 38.7 Å². The van der Waals surface area contributed by atoms with E-state index in [1.54, 1.807) is 4.90 Å². The second-order valence-electron chi connectivity index (χ2n) is 4.89. The Hall–Kier alpha value is -0.660. The zero-order valence-electron chi connectivity index (χ0n) is 11.7. The third kappa shape index (κ3) is 6.89. The minimum absolute atomic E-state index is 0.0130. The molecule has 1 atom stereocenters. The zero-order chi connectivity index (χ0) is 14.3. The maximum atomic E-state index is 11.9. The van der Waals surface area contributed by atoms with E-state index in [0.29, 0.717) is 6.54 Å². The highest BCUT2D eigenvalue weighted by Crippen LogP contribution is 2.14. The highest BCUT2D eigenvalue weighted by atomic mass is 32.2. The maximum absolute atomic E-state index is 11.9. The molecular formula is C12H24N2O4S. The quantitative estimate of drug-likeness (QED) is 0.734. The predicted octanol–water partition coefficient (Wildman–Crippen LogP) is 0.343. The van der Waals surface area contributed by atoms with Crippen LogP contribution < -0.4 is 4.72 Å². The molecule has 0 saturated carbocycles. The Balaban J connectivity index is 2.31. The van der Waals surface area contributed by atoms with Gasteiger partial charge >= 0.3 is 0 Å². The van der Waals surface area contributed by atoms with Gasteiger partial charge < -0.3 is 9.64 Å². The summed E-state index contributed by atoms with van der Waals surface area (Å²) in [6, 6.07) is 0. The Labute approximate surface area is 115 Å². The first-order chi connectivity index (χ1) is 8.92. The molecule has 1 N–H and O–H groups in total. The summed E-state index contributed by atoms with van der Waals surface area (Å²) in [7, 11) is -3.22. The number of likely N-dealkylation sites (tertiary alicyclic amines) is 1. The number of carbonyl (C=O) groups excluding carboxylic acids is 1. The van der Waals surface area contributed by atoms with Crippen molar-refractivity contribution < 1.29 is 17.9 Å². The van der Waals surface area contributed by atoms with Gasteiger partial charge in [0.05, 0.1) is 12.4 Å². The van der Waals surface area contributed by atoms with Crippen LogP contribution in [0.4, 0.5) is 0 Å². The molecule has 0 bridgehead atoms.